The van der Waals surface area contributed by atoms with E-state index in [1.165, 1.54) is 6.42 Å². The third-order valence-electron chi connectivity index (χ3n) is 3.61. The van der Waals surface area contributed by atoms with E-state index in [2.05, 4.69) is 12.1 Å². The molecule has 1 unspecified atom stereocenters. The molecule has 1 fully saturated rings. The molecule has 0 saturated carbocycles. The minimum atomic E-state index is 0.0906. The Balaban J connectivity index is 2.24. The predicted octanol–water partition coefficient (Wildman–Crippen LogP) is 2.70. The highest BCUT2D eigenvalue weighted by Crippen LogP contribution is 2.24. The smallest absolute Gasteiger partial charge is 0.259 e. The van der Waals surface area contributed by atoms with Gasteiger partial charge in [-0.2, -0.15) is 0 Å². The highest BCUT2D eigenvalue weighted by atomic mass is 16.5. The number of likely N-dealkylation sites (tertiary alicyclic amines) is 1. The van der Waals surface area contributed by atoms with Gasteiger partial charge < -0.3 is 9.42 Å². The molecule has 4 heteroatoms. The van der Waals surface area contributed by atoms with Gasteiger partial charge in [-0.15, -0.1) is 0 Å². The number of rotatable bonds is 2. The van der Waals surface area contributed by atoms with E-state index in [0.29, 0.717) is 23.1 Å². The van der Waals surface area contributed by atoms with Crippen LogP contribution in [0.15, 0.2) is 4.52 Å². The zero-order valence-corrected chi connectivity index (χ0v) is 10.8. The maximum absolute atomic E-state index is 12.5. The fraction of sp³-hybridized carbons (Fsp3) is 0.692. The second-order valence-electron chi connectivity index (χ2n) is 4.76. The molecular weight excluding hydrogens is 216 g/mol. The van der Waals surface area contributed by atoms with Gasteiger partial charge in [0.15, 0.2) is 0 Å². The zero-order chi connectivity index (χ0) is 12.4. The summed E-state index contributed by atoms with van der Waals surface area (Å²) in [5.41, 5.74) is 1.36. The van der Waals surface area contributed by atoms with Crippen LogP contribution in [0.4, 0.5) is 0 Å². The van der Waals surface area contributed by atoms with Crippen LogP contribution < -0.4 is 0 Å². The number of aromatic nitrogens is 1. The van der Waals surface area contributed by atoms with E-state index in [-0.39, 0.29) is 5.91 Å². The van der Waals surface area contributed by atoms with E-state index >= 15 is 0 Å². The average Bonchev–Trinajstić information content (AvgIpc) is 2.68. The Morgan fingerprint density at radius 3 is 2.82 bits per heavy atom. The van der Waals surface area contributed by atoms with Gasteiger partial charge in [0.25, 0.3) is 5.91 Å². The topological polar surface area (TPSA) is 46.3 Å². The molecule has 0 spiro atoms. The normalized spacial score (nSPS) is 20.6. The SMILES string of the molecule is CCC1CCCCN1C(=O)c1c(C)noc1C. The van der Waals surface area contributed by atoms with E-state index in [9.17, 15) is 4.79 Å². The van der Waals surface area contributed by atoms with Crippen molar-refractivity contribution >= 4 is 5.91 Å². The summed E-state index contributed by atoms with van der Waals surface area (Å²) in [7, 11) is 0. The van der Waals surface area contributed by atoms with Gasteiger partial charge in [-0.25, -0.2) is 0 Å². The predicted molar refractivity (Wildman–Crippen MR) is 64.9 cm³/mol. The number of amides is 1. The third-order valence-corrected chi connectivity index (χ3v) is 3.61. The van der Waals surface area contributed by atoms with Crippen LogP contribution in [0.2, 0.25) is 0 Å². The van der Waals surface area contributed by atoms with Crippen LogP contribution in [-0.2, 0) is 0 Å². The van der Waals surface area contributed by atoms with Crippen LogP contribution in [0.3, 0.4) is 0 Å². The molecule has 1 aliphatic heterocycles. The summed E-state index contributed by atoms with van der Waals surface area (Å²) < 4.78 is 5.08. The third kappa shape index (κ3) is 2.21. The van der Waals surface area contributed by atoms with Gasteiger partial charge >= 0.3 is 0 Å². The van der Waals surface area contributed by atoms with Crippen molar-refractivity contribution in [1.82, 2.24) is 10.1 Å². The Morgan fingerprint density at radius 1 is 1.47 bits per heavy atom. The molecule has 94 valence electrons. The number of hydrogen-bond donors (Lipinski definition) is 0. The monoisotopic (exact) mass is 236 g/mol. The molecule has 4 nitrogen and oxygen atoms in total. The summed E-state index contributed by atoms with van der Waals surface area (Å²) >= 11 is 0. The van der Waals surface area contributed by atoms with Gasteiger partial charge in [-0.1, -0.05) is 12.1 Å². The molecule has 2 heterocycles. The molecular formula is C13H20N2O2. The number of carbonyl (C=O) groups excluding carboxylic acids is 1. The van der Waals surface area contributed by atoms with E-state index < -0.39 is 0 Å². The lowest BCUT2D eigenvalue weighted by Gasteiger charge is -2.35. The van der Waals surface area contributed by atoms with Crippen molar-refractivity contribution in [2.75, 3.05) is 6.54 Å². The summed E-state index contributed by atoms with van der Waals surface area (Å²) in [4.78, 5) is 14.5. The number of aryl methyl sites for hydroxylation is 2. The highest BCUT2D eigenvalue weighted by molar-refractivity contribution is 5.96. The molecule has 1 atom stereocenters. The lowest BCUT2D eigenvalue weighted by Crippen LogP contribution is -2.43. The van der Waals surface area contributed by atoms with Crippen LogP contribution >= 0.6 is 0 Å². The molecule has 0 aliphatic carbocycles. The first kappa shape index (κ1) is 12.1. The van der Waals surface area contributed by atoms with Gasteiger partial charge in [-0.3, -0.25) is 4.79 Å². The minimum absolute atomic E-state index is 0.0906. The Hall–Kier alpha value is -1.32. The van der Waals surface area contributed by atoms with Gasteiger partial charge in [0, 0.05) is 12.6 Å². The Morgan fingerprint density at radius 2 is 2.24 bits per heavy atom. The zero-order valence-electron chi connectivity index (χ0n) is 10.8. The van der Waals surface area contributed by atoms with Gasteiger partial charge in [0.2, 0.25) is 0 Å². The molecule has 17 heavy (non-hydrogen) atoms. The number of hydrogen-bond acceptors (Lipinski definition) is 3. The number of carbonyl (C=O) groups is 1. The van der Waals surface area contributed by atoms with Crippen LogP contribution in [0.5, 0.6) is 0 Å². The standard InChI is InChI=1S/C13H20N2O2/c1-4-11-7-5-6-8-15(11)13(16)12-9(2)14-17-10(12)3/h11H,4-8H2,1-3H3. The Kier molecular flexibility index (Phi) is 3.50. The van der Waals surface area contributed by atoms with Crippen molar-refractivity contribution in [2.45, 2.75) is 52.5 Å². The van der Waals surface area contributed by atoms with Crippen molar-refractivity contribution < 1.29 is 9.32 Å². The molecule has 1 saturated heterocycles. The lowest BCUT2D eigenvalue weighted by atomic mass is 9.98. The van der Waals surface area contributed by atoms with Crippen molar-refractivity contribution in [2.24, 2.45) is 0 Å². The first-order valence-corrected chi connectivity index (χ1v) is 6.39. The minimum Gasteiger partial charge on any atom is -0.361 e. The molecule has 2 rings (SSSR count). The first-order chi connectivity index (χ1) is 8.15. The molecule has 0 radical (unpaired) electrons. The van der Waals surface area contributed by atoms with Crippen LogP contribution in [0.25, 0.3) is 0 Å². The molecule has 1 aromatic rings. The largest absolute Gasteiger partial charge is 0.361 e. The van der Waals surface area contributed by atoms with E-state index in [1.54, 1.807) is 6.92 Å². The molecule has 1 aromatic heterocycles. The van der Waals surface area contributed by atoms with Crippen LogP contribution in [0.1, 0.15) is 54.4 Å². The second-order valence-corrected chi connectivity index (χ2v) is 4.76. The fourth-order valence-electron chi connectivity index (χ4n) is 2.62. The first-order valence-electron chi connectivity index (χ1n) is 6.39. The molecule has 1 amide bonds. The summed E-state index contributed by atoms with van der Waals surface area (Å²) in [6.07, 6.45) is 4.47. The van der Waals surface area contributed by atoms with Crippen molar-refractivity contribution in [3.63, 3.8) is 0 Å². The second kappa shape index (κ2) is 4.90. The summed E-state index contributed by atoms with van der Waals surface area (Å²) in [5, 5.41) is 3.86. The summed E-state index contributed by atoms with van der Waals surface area (Å²) in [5.74, 6) is 0.723. The Labute approximate surface area is 102 Å². The van der Waals surface area contributed by atoms with Gasteiger partial charge in [-0.05, 0) is 39.5 Å². The molecule has 0 aromatic carbocycles. The number of nitrogens with zero attached hydrogens (tertiary/aromatic N) is 2. The van der Waals surface area contributed by atoms with Crippen LogP contribution in [-0.4, -0.2) is 28.6 Å². The summed E-state index contributed by atoms with van der Waals surface area (Å²) in [6, 6.07) is 0.380. The molecule has 0 bridgehead atoms. The Bertz CT molecular complexity index is 392. The summed E-state index contributed by atoms with van der Waals surface area (Å²) in [6.45, 7) is 6.64. The molecule has 0 N–H and O–H groups in total. The fourth-order valence-corrected chi connectivity index (χ4v) is 2.62. The maximum atomic E-state index is 12.5. The lowest BCUT2D eigenvalue weighted by molar-refractivity contribution is 0.0605. The maximum Gasteiger partial charge on any atom is 0.259 e. The molecule has 1 aliphatic rings. The van der Waals surface area contributed by atoms with Gasteiger partial charge in [0.05, 0.1) is 5.69 Å². The highest BCUT2D eigenvalue weighted by Gasteiger charge is 2.29. The van der Waals surface area contributed by atoms with E-state index in [1.807, 2.05) is 11.8 Å². The number of piperidine rings is 1. The van der Waals surface area contributed by atoms with E-state index in [4.69, 9.17) is 4.52 Å². The van der Waals surface area contributed by atoms with Crippen LogP contribution in [0, 0.1) is 13.8 Å². The van der Waals surface area contributed by atoms with Crippen molar-refractivity contribution in [1.29, 1.82) is 0 Å². The van der Waals surface area contributed by atoms with Crippen molar-refractivity contribution in [3.8, 4) is 0 Å². The average molecular weight is 236 g/mol. The quantitative estimate of drug-likeness (QED) is 0.793. The van der Waals surface area contributed by atoms with Crippen molar-refractivity contribution in [3.05, 3.63) is 17.0 Å². The van der Waals surface area contributed by atoms with E-state index in [0.717, 1.165) is 25.8 Å². The van der Waals surface area contributed by atoms with Gasteiger partial charge in [0.1, 0.15) is 11.3 Å².